The molecule has 142 valence electrons. The number of likely N-dealkylation sites (tertiary alicyclic amines) is 1. The van der Waals surface area contributed by atoms with Gasteiger partial charge in [0.15, 0.2) is 0 Å². The summed E-state index contributed by atoms with van der Waals surface area (Å²) in [5.74, 6) is -0.349. The van der Waals surface area contributed by atoms with Gasteiger partial charge < -0.3 is 19.8 Å². The van der Waals surface area contributed by atoms with Crippen LogP contribution in [0.4, 0.5) is 0 Å². The normalized spacial score (nSPS) is 16.0. The van der Waals surface area contributed by atoms with E-state index in [1.54, 1.807) is 41.3 Å². The molecule has 6 heteroatoms. The Balaban J connectivity index is 1.58. The van der Waals surface area contributed by atoms with E-state index < -0.39 is 11.6 Å². The topological polar surface area (TPSA) is 87.1 Å². The number of benzene rings is 2. The minimum Gasteiger partial charge on any atom is -0.493 e. The first kappa shape index (κ1) is 18.9. The van der Waals surface area contributed by atoms with E-state index in [-0.39, 0.29) is 18.9 Å². The van der Waals surface area contributed by atoms with Crippen molar-refractivity contribution in [2.24, 2.45) is 0 Å². The number of rotatable bonds is 6. The number of carbonyl (C=O) groups excluding carboxylic acids is 1. The van der Waals surface area contributed by atoms with Crippen LogP contribution in [0.3, 0.4) is 0 Å². The van der Waals surface area contributed by atoms with Gasteiger partial charge in [-0.2, -0.15) is 0 Å². The Bertz CT molecular complexity index is 780. The second-order valence-electron chi connectivity index (χ2n) is 6.71. The number of hydrogen-bond donors (Lipinski definition) is 2. The molecule has 0 bridgehead atoms. The molecule has 0 atom stereocenters. The maximum atomic E-state index is 12.5. The highest BCUT2D eigenvalue weighted by Crippen LogP contribution is 2.34. The molecule has 1 aliphatic heterocycles. The van der Waals surface area contributed by atoms with Crippen molar-refractivity contribution in [1.29, 1.82) is 0 Å². The fraction of sp³-hybridized carbons (Fsp3) is 0.333. The lowest BCUT2D eigenvalue weighted by molar-refractivity contribution is -0.137. The van der Waals surface area contributed by atoms with Crippen LogP contribution in [0.15, 0.2) is 54.6 Å². The Kier molecular flexibility index (Phi) is 5.76. The third-order valence-electron chi connectivity index (χ3n) is 4.87. The average Bonchev–Trinajstić information content (AvgIpc) is 2.69. The van der Waals surface area contributed by atoms with Crippen LogP contribution in [-0.4, -0.2) is 46.7 Å². The molecule has 1 heterocycles. The molecule has 3 rings (SSSR count). The van der Waals surface area contributed by atoms with E-state index in [0.29, 0.717) is 37.2 Å². The number of amides is 1. The number of nitrogens with zero attached hydrogens (tertiary/aromatic N) is 1. The van der Waals surface area contributed by atoms with Gasteiger partial charge in [-0.25, -0.2) is 0 Å². The van der Waals surface area contributed by atoms with Gasteiger partial charge in [-0.15, -0.1) is 0 Å². The molecular formula is C21H23NO5. The Morgan fingerprint density at radius 2 is 1.63 bits per heavy atom. The van der Waals surface area contributed by atoms with E-state index in [2.05, 4.69) is 0 Å². The first-order valence-electron chi connectivity index (χ1n) is 9.00. The lowest BCUT2D eigenvalue weighted by Gasteiger charge is -2.38. The molecule has 1 saturated heterocycles. The quantitative estimate of drug-likeness (QED) is 0.817. The minimum absolute atomic E-state index is 0.0140. The monoisotopic (exact) mass is 369 g/mol. The molecule has 6 nitrogen and oxygen atoms in total. The summed E-state index contributed by atoms with van der Waals surface area (Å²) in [6.45, 7) is 1.08. The van der Waals surface area contributed by atoms with Crippen molar-refractivity contribution < 1.29 is 24.5 Å². The smallest absolute Gasteiger partial charge is 0.306 e. The molecular weight excluding hydrogens is 346 g/mol. The molecule has 1 aliphatic rings. The zero-order chi connectivity index (χ0) is 19.3. The van der Waals surface area contributed by atoms with Crippen LogP contribution in [-0.2, 0) is 10.4 Å². The standard InChI is InChI=1S/C21H23NO5/c23-19(24)10-15-27-18-8-6-17(7-9-18)21(26)11-13-22(14-12-21)20(25)16-4-2-1-3-5-16/h1-9,26H,10-15H2,(H,23,24). The first-order chi connectivity index (χ1) is 13.0. The van der Waals surface area contributed by atoms with Crippen molar-refractivity contribution in [3.8, 4) is 5.75 Å². The van der Waals surface area contributed by atoms with Gasteiger partial charge in [0.05, 0.1) is 18.6 Å². The molecule has 0 aromatic heterocycles. The number of aliphatic carboxylic acids is 1. The minimum atomic E-state index is -0.979. The van der Waals surface area contributed by atoms with Crippen molar-refractivity contribution >= 4 is 11.9 Å². The highest BCUT2D eigenvalue weighted by molar-refractivity contribution is 5.94. The van der Waals surface area contributed by atoms with E-state index in [9.17, 15) is 14.7 Å². The predicted molar refractivity (Wildman–Crippen MR) is 99.7 cm³/mol. The van der Waals surface area contributed by atoms with Gasteiger partial charge in [-0.1, -0.05) is 30.3 Å². The highest BCUT2D eigenvalue weighted by atomic mass is 16.5. The van der Waals surface area contributed by atoms with Crippen LogP contribution >= 0.6 is 0 Å². The van der Waals surface area contributed by atoms with Gasteiger partial charge in [-0.05, 0) is 42.7 Å². The molecule has 1 fully saturated rings. The van der Waals surface area contributed by atoms with Crippen molar-refractivity contribution in [2.75, 3.05) is 19.7 Å². The molecule has 0 spiro atoms. The molecule has 1 amide bonds. The van der Waals surface area contributed by atoms with E-state index in [1.165, 1.54) is 0 Å². The average molecular weight is 369 g/mol. The van der Waals surface area contributed by atoms with Gasteiger partial charge in [0.2, 0.25) is 0 Å². The number of aliphatic hydroxyl groups is 1. The molecule has 0 unspecified atom stereocenters. The summed E-state index contributed by atoms with van der Waals surface area (Å²) >= 11 is 0. The van der Waals surface area contributed by atoms with Gasteiger partial charge in [0, 0.05) is 18.7 Å². The largest absolute Gasteiger partial charge is 0.493 e. The van der Waals surface area contributed by atoms with Crippen LogP contribution in [0.2, 0.25) is 0 Å². The summed E-state index contributed by atoms with van der Waals surface area (Å²) in [6.07, 6.45) is 0.868. The third-order valence-corrected chi connectivity index (χ3v) is 4.87. The third kappa shape index (κ3) is 4.65. The number of carbonyl (C=O) groups is 2. The fourth-order valence-corrected chi connectivity index (χ4v) is 3.25. The van der Waals surface area contributed by atoms with Crippen molar-refractivity contribution in [1.82, 2.24) is 4.90 Å². The lowest BCUT2D eigenvalue weighted by atomic mass is 9.84. The summed E-state index contributed by atoms with van der Waals surface area (Å²) in [6, 6.07) is 16.2. The van der Waals surface area contributed by atoms with Crippen LogP contribution in [0.5, 0.6) is 5.75 Å². The molecule has 0 radical (unpaired) electrons. The Morgan fingerprint density at radius 1 is 1.00 bits per heavy atom. The second kappa shape index (κ2) is 8.22. The van der Waals surface area contributed by atoms with E-state index >= 15 is 0 Å². The van der Waals surface area contributed by atoms with Crippen molar-refractivity contribution in [3.63, 3.8) is 0 Å². The number of piperidine rings is 1. The molecule has 0 saturated carbocycles. The highest BCUT2D eigenvalue weighted by Gasteiger charge is 2.35. The zero-order valence-corrected chi connectivity index (χ0v) is 15.0. The van der Waals surface area contributed by atoms with E-state index in [4.69, 9.17) is 9.84 Å². The number of ether oxygens (including phenoxy) is 1. The second-order valence-corrected chi connectivity index (χ2v) is 6.71. The molecule has 2 aromatic rings. The predicted octanol–water partition coefficient (Wildman–Crippen LogP) is 2.66. The van der Waals surface area contributed by atoms with Gasteiger partial charge >= 0.3 is 5.97 Å². The summed E-state index contributed by atoms with van der Waals surface area (Å²) < 4.78 is 5.37. The van der Waals surface area contributed by atoms with Crippen LogP contribution in [0.1, 0.15) is 35.2 Å². The van der Waals surface area contributed by atoms with Gasteiger partial charge in [-0.3, -0.25) is 9.59 Å². The maximum absolute atomic E-state index is 12.5. The fourth-order valence-electron chi connectivity index (χ4n) is 3.25. The summed E-state index contributed by atoms with van der Waals surface area (Å²) in [5.41, 5.74) is 0.457. The summed E-state index contributed by atoms with van der Waals surface area (Å²) in [5, 5.41) is 19.6. The van der Waals surface area contributed by atoms with E-state index in [0.717, 1.165) is 5.56 Å². The first-order valence-corrected chi connectivity index (χ1v) is 9.00. The number of hydrogen-bond acceptors (Lipinski definition) is 4. The Morgan fingerprint density at radius 3 is 2.22 bits per heavy atom. The zero-order valence-electron chi connectivity index (χ0n) is 15.0. The van der Waals surface area contributed by atoms with Crippen molar-refractivity contribution in [3.05, 3.63) is 65.7 Å². The molecule has 0 aliphatic carbocycles. The Hall–Kier alpha value is -2.86. The number of carboxylic acid groups (broad SMARTS) is 1. The maximum Gasteiger partial charge on any atom is 0.306 e. The Labute approximate surface area is 158 Å². The van der Waals surface area contributed by atoms with Gasteiger partial charge in [0.1, 0.15) is 5.75 Å². The van der Waals surface area contributed by atoms with Crippen molar-refractivity contribution in [2.45, 2.75) is 24.9 Å². The number of carboxylic acids is 1. The van der Waals surface area contributed by atoms with Crippen LogP contribution in [0, 0.1) is 0 Å². The molecule has 2 aromatic carbocycles. The lowest BCUT2D eigenvalue weighted by Crippen LogP contribution is -2.45. The molecule has 27 heavy (non-hydrogen) atoms. The van der Waals surface area contributed by atoms with Gasteiger partial charge in [0.25, 0.3) is 5.91 Å². The van der Waals surface area contributed by atoms with Crippen LogP contribution < -0.4 is 4.74 Å². The van der Waals surface area contributed by atoms with Crippen LogP contribution in [0.25, 0.3) is 0 Å². The SMILES string of the molecule is O=C(O)CCOc1ccc(C2(O)CCN(C(=O)c3ccccc3)CC2)cc1. The molecule has 2 N–H and O–H groups in total. The summed E-state index contributed by atoms with van der Waals surface area (Å²) in [4.78, 5) is 24.8. The van der Waals surface area contributed by atoms with E-state index in [1.807, 2.05) is 18.2 Å². The summed E-state index contributed by atoms with van der Waals surface area (Å²) in [7, 11) is 0.